The lowest BCUT2D eigenvalue weighted by Crippen LogP contribution is -2.49. The molecule has 1 rings (SSSR count). The molecule has 5 heteroatoms. The van der Waals surface area contributed by atoms with Crippen molar-refractivity contribution in [2.75, 3.05) is 19.8 Å². The van der Waals surface area contributed by atoms with Crippen molar-refractivity contribution in [2.45, 2.75) is 44.2 Å². The van der Waals surface area contributed by atoms with Crippen LogP contribution in [-0.2, 0) is 14.3 Å². The van der Waals surface area contributed by atoms with Crippen LogP contribution in [0.4, 0.5) is 0 Å². The highest BCUT2D eigenvalue weighted by molar-refractivity contribution is 5.83. The molecule has 5 nitrogen and oxygen atoms in total. The van der Waals surface area contributed by atoms with Crippen LogP contribution in [0.2, 0.25) is 0 Å². The van der Waals surface area contributed by atoms with Gasteiger partial charge in [0.1, 0.15) is 0 Å². The average Bonchev–Trinajstić information content (AvgIpc) is 2.69. The number of amides is 1. The molecule has 0 aromatic heterocycles. The van der Waals surface area contributed by atoms with Crippen molar-refractivity contribution in [3.63, 3.8) is 0 Å². The van der Waals surface area contributed by atoms with E-state index in [2.05, 4.69) is 0 Å². The van der Waals surface area contributed by atoms with Gasteiger partial charge in [0.2, 0.25) is 5.91 Å². The van der Waals surface area contributed by atoms with Crippen LogP contribution in [0.15, 0.2) is 0 Å². The molecular weight excluding hydrogens is 208 g/mol. The van der Waals surface area contributed by atoms with Gasteiger partial charge in [-0.1, -0.05) is 0 Å². The van der Waals surface area contributed by atoms with E-state index in [0.717, 1.165) is 25.9 Å². The Kier molecular flexibility index (Phi) is 5.18. The molecule has 0 aliphatic carbocycles. The molecule has 1 saturated heterocycles. The summed E-state index contributed by atoms with van der Waals surface area (Å²) in [6, 6.07) is 0. The van der Waals surface area contributed by atoms with E-state index in [1.807, 2.05) is 0 Å². The first-order valence-corrected chi connectivity index (χ1v) is 5.80. The lowest BCUT2D eigenvalue weighted by Gasteiger charge is -2.20. The Balaban J connectivity index is 2.01. The first kappa shape index (κ1) is 13.4. The van der Waals surface area contributed by atoms with Crippen LogP contribution >= 0.6 is 0 Å². The number of rotatable bonds is 7. The lowest BCUT2D eigenvalue weighted by molar-refractivity contribution is -0.122. The molecule has 1 fully saturated rings. The quantitative estimate of drug-likeness (QED) is 0.610. The molecule has 0 radical (unpaired) electrons. The van der Waals surface area contributed by atoms with E-state index < -0.39 is 11.4 Å². The normalized spacial score (nSPS) is 24.2. The molecule has 94 valence electrons. The molecule has 1 amide bonds. The summed E-state index contributed by atoms with van der Waals surface area (Å²) in [5.74, 6) is -0.447. The Morgan fingerprint density at radius 3 is 2.88 bits per heavy atom. The van der Waals surface area contributed by atoms with E-state index in [1.165, 1.54) is 0 Å². The molecule has 0 aromatic carbocycles. The van der Waals surface area contributed by atoms with Crippen molar-refractivity contribution < 1.29 is 14.3 Å². The Morgan fingerprint density at radius 1 is 1.56 bits per heavy atom. The fraction of sp³-hybridized carbons (Fsp3) is 0.909. The molecule has 1 aliphatic rings. The molecule has 0 saturated carbocycles. The minimum absolute atomic E-state index is 0.250. The maximum Gasteiger partial charge on any atom is 0.237 e. The SMILES string of the molecule is CC(N)(CCCCOC1CCOC1)C(N)=O. The fourth-order valence-corrected chi connectivity index (χ4v) is 1.61. The van der Waals surface area contributed by atoms with Crippen molar-refractivity contribution in [2.24, 2.45) is 11.5 Å². The minimum Gasteiger partial charge on any atom is -0.379 e. The predicted molar refractivity (Wildman–Crippen MR) is 60.8 cm³/mol. The zero-order valence-corrected chi connectivity index (χ0v) is 9.91. The number of hydrogen-bond donors (Lipinski definition) is 2. The summed E-state index contributed by atoms with van der Waals surface area (Å²) in [5, 5.41) is 0. The number of carbonyl (C=O) groups is 1. The summed E-state index contributed by atoms with van der Waals surface area (Å²) in [4.78, 5) is 10.9. The smallest absolute Gasteiger partial charge is 0.237 e. The van der Waals surface area contributed by atoms with E-state index in [0.29, 0.717) is 19.6 Å². The van der Waals surface area contributed by atoms with Crippen molar-refractivity contribution in [3.05, 3.63) is 0 Å². The molecule has 0 spiro atoms. The third-order valence-electron chi connectivity index (χ3n) is 2.89. The first-order valence-electron chi connectivity index (χ1n) is 5.80. The monoisotopic (exact) mass is 230 g/mol. The van der Waals surface area contributed by atoms with Crippen LogP contribution in [-0.4, -0.2) is 37.4 Å². The average molecular weight is 230 g/mol. The van der Waals surface area contributed by atoms with Crippen molar-refractivity contribution in [1.29, 1.82) is 0 Å². The lowest BCUT2D eigenvalue weighted by atomic mass is 9.96. The van der Waals surface area contributed by atoms with Crippen molar-refractivity contribution in [1.82, 2.24) is 0 Å². The molecule has 2 unspecified atom stereocenters. The summed E-state index contributed by atoms with van der Waals surface area (Å²) in [6.07, 6.45) is 3.59. The second kappa shape index (κ2) is 6.18. The standard InChI is InChI=1S/C11H22N2O3/c1-11(13,10(12)14)5-2-3-6-16-9-4-7-15-8-9/h9H,2-8,13H2,1H3,(H2,12,14). The zero-order valence-electron chi connectivity index (χ0n) is 9.91. The van der Waals surface area contributed by atoms with Crippen LogP contribution in [0.25, 0.3) is 0 Å². The minimum atomic E-state index is -0.892. The number of primary amides is 1. The highest BCUT2D eigenvalue weighted by Gasteiger charge is 2.24. The van der Waals surface area contributed by atoms with Gasteiger partial charge in [0.05, 0.1) is 18.2 Å². The number of hydrogen-bond acceptors (Lipinski definition) is 4. The molecular formula is C11H22N2O3. The van der Waals surface area contributed by atoms with Gasteiger partial charge in [0.15, 0.2) is 0 Å². The Labute approximate surface area is 96.5 Å². The summed E-state index contributed by atoms with van der Waals surface area (Å²) < 4.78 is 10.8. The van der Waals surface area contributed by atoms with Gasteiger partial charge < -0.3 is 20.9 Å². The maximum absolute atomic E-state index is 10.9. The second-order valence-corrected chi connectivity index (χ2v) is 4.60. The molecule has 4 N–H and O–H groups in total. The molecule has 0 bridgehead atoms. The van der Waals surface area contributed by atoms with Crippen LogP contribution in [0.1, 0.15) is 32.6 Å². The Morgan fingerprint density at radius 2 is 2.31 bits per heavy atom. The largest absolute Gasteiger partial charge is 0.379 e. The summed E-state index contributed by atoms with van der Waals surface area (Å²) in [6.45, 7) is 3.87. The first-order chi connectivity index (χ1) is 7.52. The third kappa shape index (κ3) is 4.47. The summed E-state index contributed by atoms with van der Waals surface area (Å²) in [5.41, 5.74) is 10.0. The van der Waals surface area contributed by atoms with Gasteiger partial charge in [-0.2, -0.15) is 0 Å². The van der Waals surface area contributed by atoms with Gasteiger partial charge in [-0.15, -0.1) is 0 Å². The summed E-state index contributed by atoms with van der Waals surface area (Å²) in [7, 11) is 0. The second-order valence-electron chi connectivity index (χ2n) is 4.60. The van der Waals surface area contributed by atoms with Gasteiger partial charge >= 0.3 is 0 Å². The van der Waals surface area contributed by atoms with Crippen LogP contribution in [0.3, 0.4) is 0 Å². The van der Waals surface area contributed by atoms with Crippen LogP contribution in [0, 0.1) is 0 Å². The Bertz CT molecular complexity index is 225. The van der Waals surface area contributed by atoms with E-state index in [9.17, 15) is 4.79 Å². The van der Waals surface area contributed by atoms with E-state index in [4.69, 9.17) is 20.9 Å². The molecule has 0 aromatic rings. The van der Waals surface area contributed by atoms with Crippen molar-refractivity contribution in [3.8, 4) is 0 Å². The zero-order chi connectivity index (χ0) is 12.0. The number of nitrogens with two attached hydrogens (primary N) is 2. The Hall–Kier alpha value is -0.650. The van der Waals surface area contributed by atoms with Crippen LogP contribution < -0.4 is 11.5 Å². The van der Waals surface area contributed by atoms with Gasteiger partial charge in [-0.05, 0) is 32.6 Å². The molecule has 2 atom stereocenters. The van der Waals surface area contributed by atoms with Gasteiger partial charge in [-0.25, -0.2) is 0 Å². The van der Waals surface area contributed by atoms with Gasteiger partial charge in [0, 0.05) is 13.2 Å². The van der Waals surface area contributed by atoms with Gasteiger partial charge in [0.25, 0.3) is 0 Å². The fourth-order valence-electron chi connectivity index (χ4n) is 1.61. The molecule has 1 heterocycles. The predicted octanol–water partition coefficient (Wildman–Crippen LogP) is 0.165. The number of ether oxygens (including phenoxy) is 2. The van der Waals surface area contributed by atoms with Gasteiger partial charge in [-0.3, -0.25) is 4.79 Å². The molecule has 16 heavy (non-hydrogen) atoms. The highest BCUT2D eigenvalue weighted by Crippen LogP contribution is 2.12. The topological polar surface area (TPSA) is 87.6 Å². The van der Waals surface area contributed by atoms with E-state index >= 15 is 0 Å². The highest BCUT2D eigenvalue weighted by atomic mass is 16.5. The van der Waals surface area contributed by atoms with Crippen LogP contribution in [0.5, 0.6) is 0 Å². The van der Waals surface area contributed by atoms with E-state index in [-0.39, 0.29) is 6.10 Å². The maximum atomic E-state index is 10.9. The third-order valence-corrected chi connectivity index (χ3v) is 2.89. The number of unbranched alkanes of at least 4 members (excludes halogenated alkanes) is 1. The van der Waals surface area contributed by atoms with Crippen molar-refractivity contribution >= 4 is 5.91 Å². The number of carbonyl (C=O) groups excluding carboxylic acids is 1. The van der Waals surface area contributed by atoms with E-state index in [1.54, 1.807) is 6.92 Å². The summed E-state index contributed by atoms with van der Waals surface area (Å²) >= 11 is 0. The molecule has 1 aliphatic heterocycles.